The molecule has 0 amide bonds. The molecule has 3 aromatic rings. The van der Waals surface area contributed by atoms with E-state index in [-0.39, 0.29) is 5.78 Å². The predicted octanol–water partition coefficient (Wildman–Crippen LogP) is 5.53. The van der Waals surface area contributed by atoms with E-state index < -0.39 is 0 Å². The fraction of sp³-hybridized carbons (Fsp3) is 0.136. The van der Waals surface area contributed by atoms with E-state index in [2.05, 4.69) is 0 Å². The van der Waals surface area contributed by atoms with Crippen LogP contribution in [0.4, 0.5) is 0 Å². The predicted molar refractivity (Wildman–Crippen MR) is 97.3 cm³/mol. The molecule has 0 unspecified atom stereocenters. The normalized spacial score (nSPS) is 10.4. The number of carbonyl (C=O) groups excluding carboxylic acids is 1. The zero-order valence-electron chi connectivity index (χ0n) is 13.7. The van der Waals surface area contributed by atoms with E-state index >= 15 is 0 Å². The minimum atomic E-state index is 0.168. The molecule has 2 nitrogen and oxygen atoms in total. The smallest absolute Gasteiger partial charge is 0.162 e. The van der Waals surface area contributed by atoms with Crippen molar-refractivity contribution < 1.29 is 9.53 Å². The second-order valence-electron chi connectivity index (χ2n) is 5.66. The lowest BCUT2D eigenvalue weighted by Crippen LogP contribution is -1.96. The summed E-state index contributed by atoms with van der Waals surface area (Å²) < 4.78 is 5.88. The molecule has 0 saturated carbocycles. The summed E-state index contributed by atoms with van der Waals surface area (Å²) in [7, 11) is 0. The van der Waals surface area contributed by atoms with Crippen molar-refractivity contribution in [3.05, 3.63) is 90.0 Å². The Bertz CT molecular complexity index is 805. The second kappa shape index (κ2) is 7.60. The lowest BCUT2D eigenvalue weighted by Gasteiger charge is -2.09. The van der Waals surface area contributed by atoms with E-state index in [9.17, 15) is 4.79 Å². The van der Waals surface area contributed by atoms with E-state index in [1.807, 2.05) is 85.8 Å². The fourth-order valence-corrected chi connectivity index (χ4v) is 2.56. The van der Waals surface area contributed by atoms with Crippen LogP contribution in [-0.4, -0.2) is 5.78 Å². The molecule has 0 fully saturated rings. The van der Waals surface area contributed by atoms with Gasteiger partial charge in [-0.25, -0.2) is 0 Å². The van der Waals surface area contributed by atoms with Crippen molar-refractivity contribution >= 4 is 5.78 Å². The molecule has 0 saturated heterocycles. The van der Waals surface area contributed by atoms with Gasteiger partial charge in [-0.1, -0.05) is 73.7 Å². The van der Waals surface area contributed by atoms with Crippen LogP contribution in [0, 0.1) is 0 Å². The van der Waals surface area contributed by atoms with E-state index in [1.54, 1.807) is 0 Å². The van der Waals surface area contributed by atoms with Crippen LogP contribution in [0.2, 0.25) is 0 Å². The topological polar surface area (TPSA) is 26.3 Å². The van der Waals surface area contributed by atoms with Gasteiger partial charge in [0, 0.05) is 12.0 Å². The maximum atomic E-state index is 11.7. The Labute approximate surface area is 142 Å². The van der Waals surface area contributed by atoms with Gasteiger partial charge in [0.2, 0.25) is 0 Å². The number of Topliss-reactive ketones (excluding diaryl/α,β-unsaturated/α-hetero) is 1. The van der Waals surface area contributed by atoms with Crippen molar-refractivity contribution in [2.75, 3.05) is 0 Å². The summed E-state index contributed by atoms with van der Waals surface area (Å²) in [5.74, 6) is 1.01. The Morgan fingerprint density at radius 1 is 0.833 bits per heavy atom. The number of carbonyl (C=O) groups is 1. The summed E-state index contributed by atoms with van der Waals surface area (Å²) in [6, 6.07) is 25.9. The summed E-state index contributed by atoms with van der Waals surface area (Å²) >= 11 is 0. The molecule has 0 bridgehead atoms. The first-order valence-corrected chi connectivity index (χ1v) is 8.16. The molecule has 2 heteroatoms. The Hall–Kier alpha value is -2.87. The molecule has 0 aliphatic heterocycles. The Kier molecular flexibility index (Phi) is 5.07. The SMILES string of the molecule is CCC(=O)c1ccc(-c2cccc(OCc3ccccc3)c2)cc1. The summed E-state index contributed by atoms with van der Waals surface area (Å²) in [5.41, 5.74) is 4.06. The molecule has 0 aliphatic carbocycles. The average molecular weight is 316 g/mol. The third kappa shape index (κ3) is 3.90. The van der Waals surface area contributed by atoms with Crippen molar-refractivity contribution in [1.82, 2.24) is 0 Å². The molecule has 3 aromatic carbocycles. The zero-order valence-corrected chi connectivity index (χ0v) is 13.7. The molecule has 0 spiro atoms. The van der Waals surface area contributed by atoms with Gasteiger partial charge in [0.15, 0.2) is 5.78 Å². The number of rotatable bonds is 6. The van der Waals surface area contributed by atoms with Gasteiger partial charge in [0.1, 0.15) is 12.4 Å². The first kappa shape index (κ1) is 16.0. The summed E-state index contributed by atoms with van der Waals surface area (Å²) in [6.07, 6.45) is 0.530. The van der Waals surface area contributed by atoms with Gasteiger partial charge < -0.3 is 4.74 Å². The number of ether oxygens (including phenoxy) is 1. The van der Waals surface area contributed by atoms with E-state index in [0.29, 0.717) is 13.0 Å². The molecule has 0 atom stereocenters. The van der Waals surface area contributed by atoms with Gasteiger partial charge in [0.05, 0.1) is 0 Å². The van der Waals surface area contributed by atoms with E-state index in [4.69, 9.17) is 4.74 Å². The monoisotopic (exact) mass is 316 g/mol. The molecule has 0 aliphatic rings. The number of hydrogen-bond donors (Lipinski definition) is 0. The Balaban J connectivity index is 1.74. The molecule has 0 heterocycles. The van der Waals surface area contributed by atoms with Gasteiger partial charge in [-0.3, -0.25) is 4.79 Å². The van der Waals surface area contributed by atoms with Crippen LogP contribution in [0.15, 0.2) is 78.9 Å². The highest BCUT2D eigenvalue weighted by atomic mass is 16.5. The van der Waals surface area contributed by atoms with Crippen LogP contribution in [0.25, 0.3) is 11.1 Å². The fourth-order valence-electron chi connectivity index (χ4n) is 2.56. The maximum Gasteiger partial charge on any atom is 0.162 e. The van der Waals surface area contributed by atoms with E-state index in [0.717, 1.165) is 28.0 Å². The van der Waals surface area contributed by atoms with Crippen LogP contribution in [0.1, 0.15) is 29.3 Å². The highest BCUT2D eigenvalue weighted by molar-refractivity contribution is 5.96. The molecule has 24 heavy (non-hydrogen) atoms. The van der Waals surface area contributed by atoms with E-state index in [1.165, 1.54) is 0 Å². The first-order chi connectivity index (χ1) is 11.8. The van der Waals surface area contributed by atoms with Crippen LogP contribution in [-0.2, 0) is 6.61 Å². The third-order valence-corrected chi connectivity index (χ3v) is 3.94. The molecule has 3 rings (SSSR count). The summed E-state index contributed by atoms with van der Waals surface area (Å²) in [4.78, 5) is 11.7. The molecule has 120 valence electrons. The van der Waals surface area contributed by atoms with Gasteiger partial charge in [-0.2, -0.15) is 0 Å². The van der Waals surface area contributed by atoms with Crippen molar-refractivity contribution in [2.24, 2.45) is 0 Å². The molecular weight excluding hydrogens is 296 g/mol. The van der Waals surface area contributed by atoms with Crippen LogP contribution >= 0.6 is 0 Å². The van der Waals surface area contributed by atoms with Gasteiger partial charge in [-0.15, -0.1) is 0 Å². The van der Waals surface area contributed by atoms with Crippen LogP contribution in [0.3, 0.4) is 0 Å². The average Bonchev–Trinajstić information content (AvgIpc) is 2.67. The minimum Gasteiger partial charge on any atom is -0.489 e. The zero-order chi connectivity index (χ0) is 16.8. The van der Waals surface area contributed by atoms with Crippen molar-refractivity contribution in [3.63, 3.8) is 0 Å². The summed E-state index contributed by atoms with van der Waals surface area (Å²) in [6.45, 7) is 2.43. The van der Waals surface area contributed by atoms with Crippen molar-refractivity contribution in [2.45, 2.75) is 20.0 Å². The van der Waals surface area contributed by atoms with Gasteiger partial charge >= 0.3 is 0 Å². The van der Waals surface area contributed by atoms with Crippen molar-refractivity contribution in [1.29, 1.82) is 0 Å². The Morgan fingerprint density at radius 3 is 2.29 bits per heavy atom. The summed E-state index contributed by atoms with van der Waals surface area (Å²) in [5, 5.41) is 0. The highest BCUT2D eigenvalue weighted by Gasteiger charge is 2.05. The number of ketones is 1. The lowest BCUT2D eigenvalue weighted by atomic mass is 10.0. The molecule has 0 radical (unpaired) electrons. The van der Waals surface area contributed by atoms with Crippen LogP contribution < -0.4 is 4.74 Å². The number of hydrogen-bond acceptors (Lipinski definition) is 2. The van der Waals surface area contributed by atoms with Crippen molar-refractivity contribution in [3.8, 4) is 16.9 Å². The number of benzene rings is 3. The quantitative estimate of drug-likeness (QED) is 0.559. The highest BCUT2D eigenvalue weighted by Crippen LogP contribution is 2.25. The van der Waals surface area contributed by atoms with Gasteiger partial charge in [-0.05, 0) is 28.8 Å². The minimum absolute atomic E-state index is 0.168. The third-order valence-electron chi connectivity index (χ3n) is 3.94. The Morgan fingerprint density at radius 2 is 1.58 bits per heavy atom. The first-order valence-electron chi connectivity index (χ1n) is 8.16. The maximum absolute atomic E-state index is 11.7. The van der Waals surface area contributed by atoms with Crippen LogP contribution in [0.5, 0.6) is 5.75 Å². The largest absolute Gasteiger partial charge is 0.489 e. The standard InChI is InChI=1S/C22H20O2/c1-2-22(23)19-13-11-18(12-14-19)20-9-6-10-21(15-20)24-16-17-7-4-3-5-8-17/h3-15H,2,16H2,1H3. The molecule has 0 N–H and O–H groups in total. The van der Waals surface area contributed by atoms with Gasteiger partial charge in [0.25, 0.3) is 0 Å². The second-order valence-corrected chi connectivity index (χ2v) is 5.66. The molecule has 0 aromatic heterocycles. The molecular formula is C22H20O2. The lowest BCUT2D eigenvalue weighted by molar-refractivity contribution is 0.0988.